The fraction of sp³-hybridized carbons (Fsp3) is 0.429. The quantitative estimate of drug-likeness (QED) is 0.877. The molecular weight excluding hydrogens is 358 g/mol. The summed E-state index contributed by atoms with van der Waals surface area (Å²) >= 11 is 0. The molecular formula is C21H25N3O2S. The molecule has 2 atom stereocenters. The zero-order chi connectivity index (χ0) is 18.4. The first-order valence-electron chi connectivity index (χ1n) is 9.73. The minimum Gasteiger partial charge on any atom is -0.311 e. The van der Waals surface area contributed by atoms with Crippen molar-refractivity contribution in [3.8, 4) is 0 Å². The zero-order valence-corrected chi connectivity index (χ0v) is 16.2. The molecule has 2 fully saturated rings. The first kappa shape index (κ1) is 17.4. The molecule has 5 nitrogen and oxygen atoms in total. The van der Waals surface area contributed by atoms with Crippen LogP contribution in [0.1, 0.15) is 23.1 Å². The van der Waals surface area contributed by atoms with Gasteiger partial charge in [0.25, 0.3) is 0 Å². The smallest absolute Gasteiger partial charge is 0.243 e. The first-order valence-corrected chi connectivity index (χ1v) is 11.2. The van der Waals surface area contributed by atoms with E-state index in [2.05, 4.69) is 16.3 Å². The van der Waals surface area contributed by atoms with Gasteiger partial charge in [-0.2, -0.15) is 4.31 Å². The predicted molar refractivity (Wildman–Crippen MR) is 105 cm³/mol. The van der Waals surface area contributed by atoms with Crippen LogP contribution in [0, 0.1) is 0 Å². The van der Waals surface area contributed by atoms with Gasteiger partial charge in [-0.15, -0.1) is 0 Å². The number of piperazine rings is 1. The second-order valence-electron chi connectivity index (χ2n) is 7.93. The number of hydrogen-bond acceptors (Lipinski definition) is 4. The third kappa shape index (κ3) is 3.21. The van der Waals surface area contributed by atoms with Gasteiger partial charge in [0.15, 0.2) is 0 Å². The Hall–Kier alpha value is -1.73. The Morgan fingerprint density at radius 3 is 2.52 bits per heavy atom. The maximum absolute atomic E-state index is 13.1. The SMILES string of the molecule is O=S(=O)(c1ccc(CN2CC3CC2CN3)cc1)N1CCc2ccccc2C1. The predicted octanol–water partition coefficient (Wildman–Crippen LogP) is 1.98. The molecule has 0 spiro atoms. The second kappa shape index (κ2) is 6.71. The molecule has 0 amide bonds. The third-order valence-electron chi connectivity index (χ3n) is 6.21. The topological polar surface area (TPSA) is 52.7 Å². The molecule has 6 heteroatoms. The lowest BCUT2D eigenvalue weighted by Crippen LogP contribution is -2.42. The average Bonchev–Trinajstić information content (AvgIpc) is 3.31. The van der Waals surface area contributed by atoms with Crippen molar-refractivity contribution in [3.05, 3.63) is 65.2 Å². The number of nitrogens with one attached hydrogen (secondary N) is 1. The molecule has 3 aliphatic rings. The van der Waals surface area contributed by atoms with Crippen LogP contribution >= 0.6 is 0 Å². The molecule has 142 valence electrons. The summed E-state index contributed by atoms with van der Waals surface area (Å²) in [5, 5.41) is 3.52. The number of rotatable bonds is 4. The van der Waals surface area contributed by atoms with Crippen LogP contribution < -0.4 is 5.32 Å². The van der Waals surface area contributed by atoms with Gasteiger partial charge in [-0.1, -0.05) is 36.4 Å². The molecule has 2 saturated heterocycles. The Morgan fingerprint density at radius 1 is 1.04 bits per heavy atom. The molecule has 2 aromatic rings. The lowest BCUT2D eigenvalue weighted by molar-refractivity contribution is 0.218. The highest BCUT2D eigenvalue weighted by molar-refractivity contribution is 7.89. The van der Waals surface area contributed by atoms with E-state index in [0.29, 0.717) is 30.1 Å². The minimum atomic E-state index is -3.45. The number of nitrogens with zero attached hydrogens (tertiary/aromatic N) is 2. The van der Waals surface area contributed by atoms with E-state index in [0.717, 1.165) is 31.6 Å². The van der Waals surface area contributed by atoms with Crippen LogP contribution in [0.2, 0.25) is 0 Å². The van der Waals surface area contributed by atoms with E-state index in [-0.39, 0.29) is 0 Å². The summed E-state index contributed by atoms with van der Waals surface area (Å²) in [5.74, 6) is 0. The van der Waals surface area contributed by atoms with E-state index < -0.39 is 10.0 Å². The average molecular weight is 384 g/mol. The highest BCUT2D eigenvalue weighted by Gasteiger charge is 2.37. The van der Waals surface area contributed by atoms with Crippen molar-refractivity contribution in [1.82, 2.24) is 14.5 Å². The van der Waals surface area contributed by atoms with E-state index in [1.165, 1.54) is 17.5 Å². The molecule has 0 aliphatic carbocycles. The molecule has 3 heterocycles. The van der Waals surface area contributed by atoms with Crippen LogP contribution in [0.15, 0.2) is 53.4 Å². The van der Waals surface area contributed by atoms with Gasteiger partial charge < -0.3 is 5.32 Å². The van der Waals surface area contributed by atoms with Gasteiger partial charge in [0.05, 0.1) is 4.90 Å². The molecule has 2 unspecified atom stereocenters. The Labute approximate surface area is 161 Å². The number of likely N-dealkylation sites (tertiary alicyclic amines) is 1. The maximum atomic E-state index is 13.1. The van der Waals surface area contributed by atoms with Crippen molar-refractivity contribution in [3.63, 3.8) is 0 Å². The molecule has 27 heavy (non-hydrogen) atoms. The summed E-state index contributed by atoms with van der Waals surface area (Å²) < 4.78 is 27.7. The number of benzene rings is 2. The lowest BCUT2D eigenvalue weighted by atomic mass is 10.0. The van der Waals surface area contributed by atoms with Gasteiger partial charge in [0.1, 0.15) is 0 Å². The number of sulfonamides is 1. The van der Waals surface area contributed by atoms with Crippen LogP contribution in [0.5, 0.6) is 0 Å². The Balaban J connectivity index is 1.31. The molecule has 0 radical (unpaired) electrons. The fourth-order valence-corrected chi connectivity index (χ4v) is 6.09. The molecule has 0 aromatic heterocycles. The minimum absolute atomic E-state index is 0.398. The van der Waals surface area contributed by atoms with Gasteiger partial charge in [0, 0.05) is 44.8 Å². The monoisotopic (exact) mass is 383 g/mol. The van der Waals surface area contributed by atoms with E-state index >= 15 is 0 Å². The summed E-state index contributed by atoms with van der Waals surface area (Å²) in [7, 11) is -3.45. The highest BCUT2D eigenvalue weighted by atomic mass is 32.2. The fourth-order valence-electron chi connectivity index (χ4n) is 4.67. The second-order valence-corrected chi connectivity index (χ2v) is 9.86. The van der Waals surface area contributed by atoms with E-state index in [1.807, 2.05) is 30.3 Å². The first-order chi connectivity index (χ1) is 13.1. The van der Waals surface area contributed by atoms with E-state index in [9.17, 15) is 8.42 Å². The van der Waals surface area contributed by atoms with Gasteiger partial charge in [-0.3, -0.25) is 4.90 Å². The van der Waals surface area contributed by atoms with Gasteiger partial charge in [-0.05, 0) is 41.7 Å². The summed E-state index contributed by atoms with van der Waals surface area (Å²) in [6.45, 7) is 4.08. The molecule has 3 aliphatic heterocycles. The molecule has 5 rings (SSSR count). The van der Waals surface area contributed by atoms with Gasteiger partial charge >= 0.3 is 0 Å². The third-order valence-corrected chi connectivity index (χ3v) is 8.07. The number of fused-ring (bicyclic) bond motifs is 3. The van der Waals surface area contributed by atoms with Crippen molar-refractivity contribution in [2.45, 2.75) is 42.9 Å². The van der Waals surface area contributed by atoms with Gasteiger partial charge in [-0.25, -0.2) is 8.42 Å². The summed E-state index contributed by atoms with van der Waals surface area (Å²) in [6, 6.07) is 16.9. The van der Waals surface area contributed by atoms with Crippen molar-refractivity contribution in [1.29, 1.82) is 0 Å². The van der Waals surface area contributed by atoms with Crippen molar-refractivity contribution < 1.29 is 8.42 Å². The Bertz CT molecular complexity index is 942. The van der Waals surface area contributed by atoms with Crippen molar-refractivity contribution in [2.75, 3.05) is 19.6 Å². The Morgan fingerprint density at radius 2 is 1.81 bits per heavy atom. The molecule has 1 N–H and O–H groups in total. The van der Waals surface area contributed by atoms with Crippen LogP contribution in [-0.2, 0) is 29.5 Å². The van der Waals surface area contributed by atoms with Crippen molar-refractivity contribution >= 4 is 10.0 Å². The van der Waals surface area contributed by atoms with Crippen molar-refractivity contribution in [2.24, 2.45) is 0 Å². The molecule has 2 aromatic carbocycles. The van der Waals surface area contributed by atoms with Crippen LogP contribution in [-0.4, -0.2) is 49.3 Å². The molecule has 2 bridgehead atoms. The van der Waals surface area contributed by atoms with Crippen LogP contribution in [0.3, 0.4) is 0 Å². The maximum Gasteiger partial charge on any atom is 0.243 e. The summed E-state index contributed by atoms with van der Waals surface area (Å²) in [5.41, 5.74) is 3.56. The normalized spacial score (nSPS) is 25.6. The summed E-state index contributed by atoms with van der Waals surface area (Å²) in [4.78, 5) is 2.90. The van der Waals surface area contributed by atoms with Gasteiger partial charge in [0.2, 0.25) is 10.0 Å². The summed E-state index contributed by atoms with van der Waals surface area (Å²) in [6.07, 6.45) is 2.02. The number of hydrogen-bond donors (Lipinski definition) is 1. The van der Waals surface area contributed by atoms with E-state index in [1.54, 1.807) is 16.4 Å². The standard InChI is InChI=1S/C21H25N3O2S/c25-27(26,24-10-9-17-3-1-2-4-18(17)14-24)21-7-5-16(6-8-21)13-23-15-19-11-20(23)12-22-19/h1-8,19-20,22H,9-15H2. The van der Waals surface area contributed by atoms with E-state index in [4.69, 9.17) is 0 Å². The largest absolute Gasteiger partial charge is 0.311 e. The highest BCUT2D eigenvalue weighted by Crippen LogP contribution is 2.27. The lowest BCUT2D eigenvalue weighted by Gasteiger charge is -2.28. The van der Waals surface area contributed by atoms with Crippen LogP contribution in [0.4, 0.5) is 0 Å². The molecule has 0 saturated carbocycles. The zero-order valence-electron chi connectivity index (χ0n) is 15.3. The van der Waals surface area contributed by atoms with Crippen LogP contribution in [0.25, 0.3) is 0 Å². The Kier molecular flexibility index (Phi) is 4.31.